The van der Waals surface area contributed by atoms with E-state index in [1.807, 2.05) is 12.4 Å². The number of aryl methyl sites for hydroxylation is 1. The van der Waals surface area contributed by atoms with Crippen molar-refractivity contribution in [2.45, 2.75) is 19.4 Å². The molecule has 0 amide bonds. The number of anilines is 1. The van der Waals surface area contributed by atoms with E-state index in [0.717, 1.165) is 42.4 Å². The van der Waals surface area contributed by atoms with Gasteiger partial charge in [0.1, 0.15) is 12.2 Å². The van der Waals surface area contributed by atoms with Crippen molar-refractivity contribution < 1.29 is 0 Å². The van der Waals surface area contributed by atoms with Crippen LogP contribution in [0.5, 0.6) is 0 Å². The van der Waals surface area contributed by atoms with Crippen molar-refractivity contribution in [1.82, 2.24) is 19.7 Å². The lowest BCUT2D eigenvalue weighted by Gasteiger charge is -2.22. The van der Waals surface area contributed by atoms with Gasteiger partial charge >= 0.3 is 0 Å². The quantitative estimate of drug-likeness (QED) is 0.803. The number of rotatable bonds is 3. The summed E-state index contributed by atoms with van der Waals surface area (Å²) in [6, 6.07) is 8.25. The fourth-order valence-corrected chi connectivity index (χ4v) is 3.55. The minimum atomic E-state index is 0.616. The van der Waals surface area contributed by atoms with Crippen LogP contribution >= 0.6 is 11.3 Å². The molecule has 0 saturated heterocycles. The topological polar surface area (TPSA) is 55.6 Å². The predicted molar refractivity (Wildman–Crippen MR) is 79.9 cm³/mol. The normalized spacial score (nSPS) is 18.1. The van der Waals surface area contributed by atoms with E-state index in [1.165, 1.54) is 4.70 Å². The van der Waals surface area contributed by atoms with Crippen molar-refractivity contribution in [3.8, 4) is 0 Å². The molecule has 0 fully saturated rings. The van der Waals surface area contributed by atoms with Crippen molar-refractivity contribution in [1.29, 1.82) is 0 Å². The molecule has 3 heterocycles. The molecule has 5 nitrogen and oxygen atoms in total. The van der Waals surface area contributed by atoms with Crippen LogP contribution in [0.1, 0.15) is 12.2 Å². The number of fused-ring (bicyclic) bond motifs is 2. The van der Waals surface area contributed by atoms with E-state index in [4.69, 9.17) is 0 Å². The zero-order valence-electron chi connectivity index (χ0n) is 11.0. The van der Waals surface area contributed by atoms with Gasteiger partial charge in [-0.15, -0.1) is 10.2 Å². The smallest absolute Gasteiger partial charge is 0.183 e. The molecule has 2 aromatic heterocycles. The summed E-state index contributed by atoms with van der Waals surface area (Å²) in [4.78, 5) is 4.61. The van der Waals surface area contributed by atoms with E-state index >= 15 is 0 Å². The van der Waals surface area contributed by atoms with Crippen molar-refractivity contribution in [2.24, 2.45) is 5.92 Å². The maximum atomic E-state index is 4.61. The number of para-hydroxylation sites is 1. The molecule has 20 heavy (non-hydrogen) atoms. The molecule has 1 atom stereocenters. The summed E-state index contributed by atoms with van der Waals surface area (Å²) < 4.78 is 3.40. The lowest BCUT2D eigenvalue weighted by molar-refractivity contribution is 0.381. The molecule has 0 bridgehead atoms. The fourth-order valence-electron chi connectivity index (χ4n) is 2.67. The molecule has 0 unspecified atom stereocenters. The lowest BCUT2D eigenvalue weighted by Crippen LogP contribution is -2.25. The lowest BCUT2D eigenvalue weighted by atomic mass is 10.00. The standard InChI is InChI=1S/C14H15N5S/c1-2-4-12-11(3-1)17-14(20-12)15-7-10-5-6-13-18-16-9-19(13)8-10/h1-4,9-10H,5-8H2,(H,15,17)/t10-/m0/s1. The fraction of sp³-hybridized carbons (Fsp3) is 0.357. The molecule has 4 rings (SSSR count). The van der Waals surface area contributed by atoms with E-state index in [-0.39, 0.29) is 0 Å². The Labute approximate surface area is 120 Å². The van der Waals surface area contributed by atoms with E-state index < -0.39 is 0 Å². The van der Waals surface area contributed by atoms with E-state index in [0.29, 0.717) is 5.92 Å². The number of nitrogens with zero attached hydrogens (tertiary/aromatic N) is 4. The maximum Gasteiger partial charge on any atom is 0.183 e. The van der Waals surface area contributed by atoms with E-state index in [1.54, 1.807) is 11.3 Å². The van der Waals surface area contributed by atoms with Crippen LogP contribution in [0.4, 0.5) is 5.13 Å². The first-order chi connectivity index (χ1) is 9.88. The van der Waals surface area contributed by atoms with Gasteiger partial charge in [-0.2, -0.15) is 0 Å². The zero-order valence-corrected chi connectivity index (χ0v) is 11.8. The molecule has 1 aromatic carbocycles. The maximum absolute atomic E-state index is 4.61. The van der Waals surface area contributed by atoms with Gasteiger partial charge in [-0.3, -0.25) is 0 Å². The van der Waals surface area contributed by atoms with Gasteiger partial charge in [0.2, 0.25) is 0 Å². The van der Waals surface area contributed by atoms with Crippen LogP contribution < -0.4 is 5.32 Å². The third-order valence-corrected chi connectivity index (χ3v) is 4.76. The number of thiazole rings is 1. The Morgan fingerprint density at radius 2 is 2.30 bits per heavy atom. The molecular weight excluding hydrogens is 270 g/mol. The molecule has 6 heteroatoms. The molecule has 0 saturated carbocycles. The minimum Gasteiger partial charge on any atom is -0.361 e. The van der Waals surface area contributed by atoms with E-state index in [9.17, 15) is 0 Å². The molecule has 0 spiro atoms. The van der Waals surface area contributed by atoms with Gasteiger partial charge < -0.3 is 9.88 Å². The van der Waals surface area contributed by atoms with Gasteiger partial charge in [0, 0.05) is 19.5 Å². The summed E-state index contributed by atoms with van der Waals surface area (Å²) in [5.41, 5.74) is 1.07. The average Bonchev–Trinajstić information content (AvgIpc) is 3.10. The second-order valence-corrected chi connectivity index (χ2v) is 6.20. The largest absolute Gasteiger partial charge is 0.361 e. The molecule has 0 aliphatic carbocycles. The second-order valence-electron chi connectivity index (χ2n) is 5.17. The van der Waals surface area contributed by atoms with Crippen molar-refractivity contribution in [3.63, 3.8) is 0 Å². The Hall–Kier alpha value is -1.95. The first-order valence-corrected chi connectivity index (χ1v) is 7.66. The van der Waals surface area contributed by atoms with Gasteiger partial charge in [-0.05, 0) is 24.5 Å². The van der Waals surface area contributed by atoms with Crippen LogP contribution in [-0.2, 0) is 13.0 Å². The zero-order chi connectivity index (χ0) is 13.4. The molecule has 1 aliphatic heterocycles. The summed E-state index contributed by atoms with van der Waals surface area (Å²) in [5.74, 6) is 1.73. The van der Waals surface area contributed by atoms with Gasteiger partial charge in [0.15, 0.2) is 5.13 Å². The van der Waals surface area contributed by atoms with E-state index in [2.05, 4.69) is 43.3 Å². The molecule has 102 valence electrons. The third-order valence-electron chi connectivity index (χ3n) is 3.76. The second kappa shape index (κ2) is 4.86. The molecular formula is C14H15N5S. The average molecular weight is 285 g/mol. The van der Waals surface area contributed by atoms with Gasteiger partial charge in [-0.1, -0.05) is 23.5 Å². The molecule has 0 radical (unpaired) electrons. The number of hydrogen-bond donors (Lipinski definition) is 1. The van der Waals surface area contributed by atoms with Gasteiger partial charge in [0.05, 0.1) is 10.2 Å². The first kappa shape index (κ1) is 11.8. The van der Waals surface area contributed by atoms with Gasteiger partial charge in [-0.25, -0.2) is 4.98 Å². The highest BCUT2D eigenvalue weighted by molar-refractivity contribution is 7.22. The molecule has 3 aromatic rings. The van der Waals surface area contributed by atoms with Crippen LogP contribution in [0, 0.1) is 5.92 Å². The summed E-state index contributed by atoms with van der Waals surface area (Å²) >= 11 is 1.72. The summed E-state index contributed by atoms with van der Waals surface area (Å²) in [5, 5.41) is 12.6. The summed E-state index contributed by atoms with van der Waals surface area (Å²) in [7, 11) is 0. The summed E-state index contributed by atoms with van der Waals surface area (Å²) in [6.45, 7) is 1.96. The Kier molecular flexibility index (Phi) is 2.88. The number of nitrogens with one attached hydrogen (secondary N) is 1. The Balaban J connectivity index is 1.43. The minimum absolute atomic E-state index is 0.616. The van der Waals surface area contributed by atoms with Crippen molar-refractivity contribution >= 4 is 26.7 Å². The highest BCUT2D eigenvalue weighted by Gasteiger charge is 2.19. The highest BCUT2D eigenvalue weighted by atomic mass is 32.1. The van der Waals surface area contributed by atoms with Crippen LogP contribution in [0.2, 0.25) is 0 Å². The van der Waals surface area contributed by atoms with Crippen LogP contribution in [-0.4, -0.2) is 26.3 Å². The molecule has 1 N–H and O–H groups in total. The molecule has 1 aliphatic rings. The third kappa shape index (κ3) is 2.16. The first-order valence-electron chi connectivity index (χ1n) is 6.84. The van der Waals surface area contributed by atoms with Crippen LogP contribution in [0.3, 0.4) is 0 Å². The van der Waals surface area contributed by atoms with Crippen LogP contribution in [0.25, 0.3) is 10.2 Å². The van der Waals surface area contributed by atoms with Crippen LogP contribution in [0.15, 0.2) is 30.6 Å². The number of benzene rings is 1. The number of aromatic nitrogens is 4. The summed E-state index contributed by atoms with van der Waals surface area (Å²) in [6.07, 6.45) is 4.02. The van der Waals surface area contributed by atoms with Crippen molar-refractivity contribution in [2.75, 3.05) is 11.9 Å². The Bertz CT molecular complexity index is 699. The van der Waals surface area contributed by atoms with Gasteiger partial charge in [0.25, 0.3) is 0 Å². The predicted octanol–water partition coefficient (Wildman–Crippen LogP) is 2.56. The highest BCUT2D eigenvalue weighted by Crippen LogP contribution is 2.26. The number of hydrogen-bond acceptors (Lipinski definition) is 5. The van der Waals surface area contributed by atoms with Crippen molar-refractivity contribution in [3.05, 3.63) is 36.4 Å². The SMILES string of the molecule is c1ccc2sc(NC[C@@H]3CCc4nncn4C3)nc2c1. The monoisotopic (exact) mass is 285 g/mol. The Morgan fingerprint density at radius 1 is 1.35 bits per heavy atom. The Morgan fingerprint density at radius 3 is 3.25 bits per heavy atom.